The van der Waals surface area contributed by atoms with E-state index < -0.39 is 17.7 Å². The fourth-order valence-corrected chi connectivity index (χ4v) is 3.44. The molecule has 0 aliphatic carbocycles. The average molecular weight is 404 g/mol. The summed E-state index contributed by atoms with van der Waals surface area (Å²) in [5.74, 6) is -0.00492. The summed E-state index contributed by atoms with van der Waals surface area (Å²) in [6.07, 6.45) is 2.30. The van der Waals surface area contributed by atoms with Gasteiger partial charge in [-0.05, 0) is 5.92 Å². The second kappa shape index (κ2) is 8.64. The lowest BCUT2D eigenvalue weighted by atomic mass is 9.91. The van der Waals surface area contributed by atoms with Crippen molar-refractivity contribution < 1.29 is 23.5 Å². The fourth-order valence-electron chi connectivity index (χ4n) is 3.44. The molecule has 1 aromatic rings. The second-order valence-corrected chi connectivity index (χ2v) is 7.79. The smallest absolute Gasteiger partial charge is 0.409 e. The Bertz CT molecular complexity index is 815. The summed E-state index contributed by atoms with van der Waals surface area (Å²) in [6.45, 7) is 4.94. The van der Waals surface area contributed by atoms with Crippen LogP contribution in [0.2, 0.25) is 0 Å². The predicted molar refractivity (Wildman–Crippen MR) is 101 cm³/mol. The Balaban J connectivity index is 1.64. The van der Waals surface area contributed by atoms with Crippen LogP contribution in [0.3, 0.4) is 0 Å². The quantitative estimate of drug-likeness (QED) is 0.767. The topological polar surface area (TPSA) is 95.8 Å². The van der Waals surface area contributed by atoms with E-state index in [2.05, 4.69) is 4.98 Å². The molecule has 0 bridgehead atoms. The Morgan fingerprint density at radius 3 is 2.69 bits per heavy atom. The molecule has 0 unspecified atom stereocenters. The Labute approximate surface area is 169 Å². The zero-order valence-electron chi connectivity index (χ0n) is 16.7. The molecule has 1 fully saturated rings. The number of rotatable bonds is 3. The maximum absolute atomic E-state index is 15.5. The highest BCUT2D eigenvalue weighted by Crippen LogP contribution is 2.32. The normalized spacial score (nSPS) is 18.3. The zero-order chi connectivity index (χ0) is 21.0. The third-order valence-corrected chi connectivity index (χ3v) is 5.08. The first-order valence-corrected chi connectivity index (χ1v) is 9.74. The van der Waals surface area contributed by atoms with Gasteiger partial charge in [0.1, 0.15) is 24.0 Å². The molecule has 0 aromatic carbocycles. The molecule has 9 heteroatoms. The van der Waals surface area contributed by atoms with Crippen LogP contribution in [0.15, 0.2) is 12.4 Å². The van der Waals surface area contributed by atoms with Crippen LogP contribution in [-0.4, -0.2) is 65.3 Å². The van der Waals surface area contributed by atoms with Gasteiger partial charge in [-0.2, -0.15) is 5.26 Å². The van der Waals surface area contributed by atoms with E-state index in [0.717, 1.165) is 0 Å². The zero-order valence-corrected chi connectivity index (χ0v) is 16.7. The van der Waals surface area contributed by atoms with Crippen LogP contribution in [0.1, 0.15) is 37.8 Å². The third-order valence-electron chi connectivity index (χ3n) is 5.08. The van der Waals surface area contributed by atoms with Crippen molar-refractivity contribution >= 4 is 12.0 Å². The first-order valence-electron chi connectivity index (χ1n) is 9.74. The molecule has 1 aromatic heterocycles. The van der Waals surface area contributed by atoms with Gasteiger partial charge in [0.25, 0.3) is 5.91 Å². The number of amides is 2. The summed E-state index contributed by atoms with van der Waals surface area (Å²) in [7, 11) is 0. The summed E-state index contributed by atoms with van der Waals surface area (Å²) in [5, 5.41) is 9.19. The minimum absolute atomic E-state index is 0.0800. The van der Waals surface area contributed by atoms with Crippen LogP contribution >= 0.6 is 0 Å². The van der Waals surface area contributed by atoms with Crippen molar-refractivity contribution in [2.75, 3.05) is 32.8 Å². The van der Waals surface area contributed by atoms with E-state index in [-0.39, 0.29) is 51.5 Å². The van der Waals surface area contributed by atoms with Crippen molar-refractivity contribution in [1.82, 2.24) is 14.8 Å². The number of piperidine rings is 1. The number of likely N-dealkylation sites (tertiary alicyclic amines) is 1. The monoisotopic (exact) mass is 404 g/mol. The van der Waals surface area contributed by atoms with Gasteiger partial charge in [0, 0.05) is 43.9 Å². The molecule has 1 saturated heterocycles. The summed E-state index contributed by atoms with van der Waals surface area (Å²) in [4.78, 5) is 31.9. The number of carbonyl (C=O) groups excluding carboxylic acids is 2. The lowest BCUT2D eigenvalue weighted by Crippen LogP contribution is -2.53. The van der Waals surface area contributed by atoms with Crippen molar-refractivity contribution in [3.8, 4) is 11.8 Å². The number of aromatic nitrogens is 1. The molecule has 29 heavy (non-hydrogen) atoms. The lowest BCUT2D eigenvalue weighted by Gasteiger charge is -2.37. The van der Waals surface area contributed by atoms with Crippen molar-refractivity contribution in [1.29, 1.82) is 5.26 Å². The lowest BCUT2D eigenvalue weighted by molar-refractivity contribution is -0.148. The number of nitriles is 1. The number of carbonyl (C=O) groups is 2. The van der Waals surface area contributed by atoms with Crippen LogP contribution in [0.4, 0.5) is 9.18 Å². The number of nitrogens with zero attached hydrogens (tertiary/aromatic N) is 4. The van der Waals surface area contributed by atoms with Gasteiger partial charge in [0.2, 0.25) is 0 Å². The predicted octanol–water partition coefficient (Wildman–Crippen LogP) is 2.27. The molecule has 0 radical (unpaired) electrons. The average Bonchev–Trinajstić information content (AvgIpc) is 2.94. The van der Waals surface area contributed by atoms with E-state index in [1.807, 2.05) is 19.9 Å². The van der Waals surface area contributed by atoms with Gasteiger partial charge in [-0.3, -0.25) is 9.78 Å². The molecule has 2 aliphatic heterocycles. The van der Waals surface area contributed by atoms with Gasteiger partial charge in [-0.15, -0.1) is 0 Å². The molecular weight excluding hydrogens is 379 g/mol. The van der Waals surface area contributed by atoms with Crippen molar-refractivity contribution in [3.05, 3.63) is 23.5 Å². The van der Waals surface area contributed by atoms with Crippen molar-refractivity contribution in [2.24, 2.45) is 5.92 Å². The highest BCUT2D eigenvalue weighted by Gasteiger charge is 2.45. The number of alkyl halides is 1. The van der Waals surface area contributed by atoms with E-state index in [1.54, 1.807) is 0 Å². The van der Waals surface area contributed by atoms with E-state index >= 15 is 4.39 Å². The van der Waals surface area contributed by atoms with Crippen LogP contribution in [0.5, 0.6) is 5.75 Å². The summed E-state index contributed by atoms with van der Waals surface area (Å²) in [6, 6.07) is 2.02. The van der Waals surface area contributed by atoms with E-state index in [0.29, 0.717) is 23.5 Å². The standard InChI is InChI=1S/C20H25FN4O4/c1-14(2)13-29-19(27)24-5-3-20(21,4-6-24)18(26)25-7-8-28-17-15(9-22)10-23-11-16(17)12-25/h10-11,14H,3-8,12-13H2,1-2H3. The minimum Gasteiger partial charge on any atom is -0.490 e. The number of hydrogen-bond donors (Lipinski definition) is 0. The molecule has 0 atom stereocenters. The minimum atomic E-state index is -2.04. The summed E-state index contributed by atoms with van der Waals surface area (Å²) < 4.78 is 26.3. The fraction of sp³-hybridized carbons (Fsp3) is 0.600. The van der Waals surface area contributed by atoms with Gasteiger partial charge in [0.05, 0.1) is 19.7 Å². The molecule has 156 valence electrons. The Morgan fingerprint density at radius 2 is 2.03 bits per heavy atom. The van der Waals surface area contributed by atoms with Gasteiger partial charge in [-0.1, -0.05) is 13.8 Å². The second-order valence-electron chi connectivity index (χ2n) is 7.79. The van der Waals surface area contributed by atoms with Crippen molar-refractivity contribution in [3.63, 3.8) is 0 Å². The Kier molecular flexibility index (Phi) is 6.20. The number of halogens is 1. The molecule has 3 rings (SSSR count). The summed E-state index contributed by atoms with van der Waals surface area (Å²) >= 11 is 0. The van der Waals surface area contributed by atoms with E-state index in [4.69, 9.17) is 9.47 Å². The number of ether oxygens (including phenoxy) is 2. The first-order chi connectivity index (χ1) is 13.8. The first kappa shape index (κ1) is 20.8. The maximum Gasteiger partial charge on any atom is 0.409 e. The van der Waals surface area contributed by atoms with E-state index in [9.17, 15) is 14.9 Å². The van der Waals surface area contributed by atoms with Crippen LogP contribution in [0, 0.1) is 17.2 Å². The number of pyridine rings is 1. The SMILES string of the molecule is CC(C)COC(=O)N1CCC(F)(C(=O)N2CCOc3c(C#N)cncc3C2)CC1. The maximum atomic E-state index is 15.5. The Morgan fingerprint density at radius 1 is 1.31 bits per heavy atom. The highest BCUT2D eigenvalue weighted by molar-refractivity contribution is 5.85. The van der Waals surface area contributed by atoms with Crippen LogP contribution < -0.4 is 4.74 Å². The van der Waals surface area contributed by atoms with Gasteiger partial charge >= 0.3 is 6.09 Å². The Hall–Kier alpha value is -2.89. The third kappa shape index (κ3) is 4.58. The van der Waals surface area contributed by atoms with E-state index in [1.165, 1.54) is 22.2 Å². The van der Waals surface area contributed by atoms with Crippen molar-refractivity contribution in [2.45, 2.75) is 38.9 Å². The molecule has 2 amide bonds. The van der Waals surface area contributed by atoms with Crippen LogP contribution in [-0.2, 0) is 16.1 Å². The molecule has 3 heterocycles. The number of fused-ring (bicyclic) bond motifs is 1. The molecular formula is C20H25FN4O4. The summed E-state index contributed by atoms with van der Waals surface area (Å²) in [5.41, 5.74) is -1.17. The van der Waals surface area contributed by atoms with Gasteiger partial charge < -0.3 is 19.3 Å². The van der Waals surface area contributed by atoms with Gasteiger partial charge in [-0.25, -0.2) is 9.18 Å². The molecule has 0 spiro atoms. The molecule has 0 saturated carbocycles. The highest BCUT2D eigenvalue weighted by atomic mass is 19.1. The molecule has 0 N–H and O–H groups in total. The number of hydrogen-bond acceptors (Lipinski definition) is 6. The largest absolute Gasteiger partial charge is 0.490 e. The van der Waals surface area contributed by atoms with Gasteiger partial charge in [0.15, 0.2) is 5.67 Å². The van der Waals surface area contributed by atoms with Crippen LogP contribution in [0.25, 0.3) is 0 Å². The molecule has 8 nitrogen and oxygen atoms in total. The molecule has 2 aliphatic rings.